The van der Waals surface area contributed by atoms with Crippen LogP contribution in [0.4, 0.5) is 0 Å². The number of pyridine rings is 1. The summed E-state index contributed by atoms with van der Waals surface area (Å²) in [7, 11) is 0. The van der Waals surface area contributed by atoms with Crippen LogP contribution < -0.4 is 0 Å². The van der Waals surface area contributed by atoms with E-state index in [9.17, 15) is 4.79 Å². The summed E-state index contributed by atoms with van der Waals surface area (Å²) < 4.78 is 0.883. The molecule has 0 bridgehead atoms. The molecule has 60 valence electrons. The fourth-order valence-electron chi connectivity index (χ4n) is 0.457. The van der Waals surface area contributed by atoms with E-state index < -0.39 is 0 Å². The Morgan fingerprint density at radius 3 is 2.45 bits per heavy atom. The molecule has 0 amide bonds. The second kappa shape index (κ2) is 6.04. The third kappa shape index (κ3) is 3.88. The first-order chi connectivity index (χ1) is 5.33. The fourth-order valence-corrected chi connectivity index (χ4v) is 0.692. The monoisotopic (exact) mass is 215 g/mol. The van der Waals surface area contributed by atoms with Gasteiger partial charge in [-0.1, -0.05) is 13.8 Å². The number of hydrogen-bond donors (Lipinski definition) is 0. The van der Waals surface area contributed by atoms with E-state index in [0.717, 1.165) is 4.47 Å². The van der Waals surface area contributed by atoms with Crippen molar-refractivity contribution >= 4 is 22.2 Å². The molecule has 0 aliphatic heterocycles. The summed E-state index contributed by atoms with van der Waals surface area (Å²) >= 11 is 3.20. The van der Waals surface area contributed by atoms with Crippen LogP contribution in [0, 0.1) is 0 Å². The second-order valence-electron chi connectivity index (χ2n) is 1.52. The van der Waals surface area contributed by atoms with Gasteiger partial charge in [0.05, 0.1) is 0 Å². The Hall–Kier alpha value is -0.700. The summed E-state index contributed by atoms with van der Waals surface area (Å²) in [6.07, 6.45) is 2.30. The molecule has 0 fully saturated rings. The van der Waals surface area contributed by atoms with Crippen LogP contribution in [0.15, 0.2) is 22.8 Å². The van der Waals surface area contributed by atoms with Crippen molar-refractivity contribution in [1.29, 1.82) is 0 Å². The van der Waals surface area contributed by atoms with Crippen LogP contribution in [0.25, 0.3) is 0 Å². The van der Waals surface area contributed by atoms with Gasteiger partial charge in [0.25, 0.3) is 0 Å². The molecule has 0 saturated heterocycles. The predicted octanol–water partition coefficient (Wildman–Crippen LogP) is 2.68. The van der Waals surface area contributed by atoms with Gasteiger partial charge in [0, 0.05) is 10.7 Å². The summed E-state index contributed by atoms with van der Waals surface area (Å²) in [5, 5.41) is 0. The molecule has 2 nitrogen and oxygen atoms in total. The minimum absolute atomic E-state index is 0.457. The zero-order chi connectivity index (χ0) is 8.69. The zero-order valence-electron chi connectivity index (χ0n) is 6.54. The molecule has 1 heterocycles. The van der Waals surface area contributed by atoms with Crippen molar-refractivity contribution < 1.29 is 4.79 Å². The summed E-state index contributed by atoms with van der Waals surface area (Å²) in [6.45, 7) is 4.00. The van der Waals surface area contributed by atoms with Crippen molar-refractivity contribution in [2.45, 2.75) is 13.8 Å². The molecule has 0 aromatic carbocycles. The van der Waals surface area contributed by atoms with E-state index in [4.69, 9.17) is 0 Å². The van der Waals surface area contributed by atoms with Gasteiger partial charge in [0.2, 0.25) is 0 Å². The van der Waals surface area contributed by atoms with E-state index in [1.807, 2.05) is 13.8 Å². The molecule has 1 aromatic rings. The quantitative estimate of drug-likeness (QED) is 0.675. The first kappa shape index (κ1) is 10.3. The Morgan fingerprint density at radius 1 is 1.45 bits per heavy atom. The van der Waals surface area contributed by atoms with Gasteiger partial charge in [0.1, 0.15) is 5.69 Å². The highest BCUT2D eigenvalue weighted by Gasteiger charge is 1.87. The van der Waals surface area contributed by atoms with Crippen LogP contribution >= 0.6 is 15.9 Å². The van der Waals surface area contributed by atoms with E-state index in [-0.39, 0.29) is 0 Å². The molecule has 1 aromatic heterocycles. The summed E-state index contributed by atoms with van der Waals surface area (Å²) in [5.74, 6) is 0. The third-order valence-electron chi connectivity index (χ3n) is 0.871. The molecule has 0 saturated carbocycles. The van der Waals surface area contributed by atoms with Crippen LogP contribution in [0.2, 0.25) is 0 Å². The van der Waals surface area contributed by atoms with Crippen molar-refractivity contribution in [3.8, 4) is 0 Å². The van der Waals surface area contributed by atoms with E-state index >= 15 is 0 Å². The van der Waals surface area contributed by atoms with Crippen LogP contribution in [0.1, 0.15) is 24.3 Å². The van der Waals surface area contributed by atoms with E-state index in [0.29, 0.717) is 12.0 Å². The van der Waals surface area contributed by atoms with Crippen LogP contribution in [-0.2, 0) is 0 Å². The van der Waals surface area contributed by atoms with Gasteiger partial charge in [-0.25, -0.2) is 0 Å². The standard InChI is InChI=1S/C6H4BrNO.C2H6/c7-5-1-2-6(4-9)8-3-5;1-2/h1-4H;1-2H3. The predicted molar refractivity (Wildman–Crippen MR) is 48.7 cm³/mol. The SMILES string of the molecule is CC.O=Cc1ccc(Br)cn1. The first-order valence-corrected chi connectivity index (χ1v) is 4.19. The molecule has 0 N–H and O–H groups in total. The number of halogens is 1. The molecule has 0 atom stereocenters. The van der Waals surface area contributed by atoms with Crippen LogP contribution in [-0.4, -0.2) is 11.3 Å². The second-order valence-corrected chi connectivity index (χ2v) is 2.43. The number of carbonyl (C=O) groups is 1. The normalized spacial score (nSPS) is 7.91. The lowest BCUT2D eigenvalue weighted by Crippen LogP contribution is -1.82. The summed E-state index contributed by atoms with van der Waals surface area (Å²) in [4.78, 5) is 13.8. The lowest BCUT2D eigenvalue weighted by atomic mass is 10.4. The van der Waals surface area contributed by atoms with Crippen molar-refractivity contribution in [3.05, 3.63) is 28.5 Å². The van der Waals surface area contributed by atoms with Crippen LogP contribution in [0.5, 0.6) is 0 Å². The first-order valence-electron chi connectivity index (χ1n) is 3.39. The zero-order valence-corrected chi connectivity index (χ0v) is 8.13. The minimum Gasteiger partial charge on any atom is -0.296 e. The maximum absolute atomic E-state index is 10.0. The molecular formula is C8H10BrNO. The Balaban J connectivity index is 0.000000461. The van der Waals surface area contributed by atoms with Gasteiger partial charge in [-0.05, 0) is 28.1 Å². The number of hydrogen-bond acceptors (Lipinski definition) is 2. The fraction of sp³-hybridized carbons (Fsp3) is 0.250. The lowest BCUT2D eigenvalue weighted by Gasteiger charge is -1.87. The van der Waals surface area contributed by atoms with Gasteiger partial charge >= 0.3 is 0 Å². The largest absolute Gasteiger partial charge is 0.296 e. The average Bonchev–Trinajstić information content (AvgIpc) is 2.10. The smallest absolute Gasteiger partial charge is 0.168 e. The van der Waals surface area contributed by atoms with Gasteiger partial charge in [-0.15, -0.1) is 0 Å². The van der Waals surface area contributed by atoms with E-state index in [1.165, 1.54) is 0 Å². The van der Waals surface area contributed by atoms with Crippen molar-refractivity contribution in [2.24, 2.45) is 0 Å². The topological polar surface area (TPSA) is 30.0 Å². The molecule has 0 radical (unpaired) electrons. The highest BCUT2D eigenvalue weighted by Crippen LogP contribution is 2.05. The maximum atomic E-state index is 10.0. The Labute approximate surface area is 74.8 Å². The molecule has 0 unspecified atom stereocenters. The van der Waals surface area contributed by atoms with Gasteiger partial charge < -0.3 is 0 Å². The van der Waals surface area contributed by atoms with Crippen LogP contribution in [0.3, 0.4) is 0 Å². The average molecular weight is 216 g/mol. The molecule has 11 heavy (non-hydrogen) atoms. The van der Waals surface area contributed by atoms with Gasteiger partial charge in [-0.3, -0.25) is 9.78 Å². The maximum Gasteiger partial charge on any atom is 0.168 e. The molecular weight excluding hydrogens is 206 g/mol. The molecule has 1 rings (SSSR count). The highest BCUT2D eigenvalue weighted by atomic mass is 79.9. The Bertz CT molecular complexity index is 208. The van der Waals surface area contributed by atoms with Crippen molar-refractivity contribution in [2.75, 3.05) is 0 Å². The van der Waals surface area contributed by atoms with Crippen molar-refractivity contribution in [1.82, 2.24) is 4.98 Å². The van der Waals surface area contributed by atoms with Gasteiger partial charge in [0.15, 0.2) is 6.29 Å². The molecule has 3 heteroatoms. The minimum atomic E-state index is 0.457. The van der Waals surface area contributed by atoms with E-state index in [1.54, 1.807) is 18.3 Å². The number of carbonyl (C=O) groups excluding carboxylic acids is 1. The summed E-state index contributed by atoms with van der Waals surface area (Å²) in [6, 6.07) is 3.42. The number of aromatic nitrogens is 1. The van der Waals surface area contributed by atoms with Crippen molar-refractivity contribution in [3.63, 3.8) is 0 Å². The Morgan fingerprint density at radius 2 is 2.09 bits per heavy atom. The van der Waals surface area contributed by atoms with E-state index in [2.05, 4.69) is 20.9 Å². The number of aldehydes is 1. The Kier molecular flexibility index (Phi) is 5.65. The molecule has 0 spiro atoms. The molecule has 0 aliphatic carbocycles. The number of nitrogens with zero attached hydrogens (tertiary/aromatic N) is 1. The number of rotatable bonds is 1. The summed E-state index contributed by atoms with van der Waals surface area (Å²) in [5.41, 5.74) is 0.457. The van der Waals surface area contributed by atoms with Gasteiger partial charge in [-0.2, -0.15) is 0 Å². The highest BCUT2D eigenvalue weighted by molar-refractivity contribution is 9.10. The third-order valence-corrected chi connectivity index (χ3v) is 1.34. The molecule has 0 aliphatic rings. The lowest BCUT2D eigenvalue weighted by molar-refractivity contribution is 0.111.